The lowest BCUT2D eigenvalue weighted by molar-refractivity contribution is 0.365. The highest BCUT2D eigenvalue weighted by Crippen LogP contribution is 2.24. The van der Waals surface area contributed by atoms with Crippen molar-refractivity contribution in [2.45, 2.75) is 37.1 Å². The highest BCUT2D eigenvalue weighted by atomic mass is 32.2. The number of hydrogen-bond donors (Lipinski definition) is 2. The molecule has 19 heavy (non-hydrogen) atoms. The van der Waals surface area contributed by atoms with Crippen LogP contribution in [0.2, 0.25) is 0 Å². The highest BCUT2D eigenvalue weighted by Gasteiger charge is 2.26. The zero-order chi connectivity index (χ0) is 13.9. The van der Waals surface area contributed by atoms with E-state index in [1.165, 1.54) is 0 Å². The first-order valence-corrected chi connectivity index (χ1v) is 8.42. The summed E-state index contributed by atoms with van der Waals surface area (Å²) in [4.78, 5) is 0.399. The van der Waals surface area contributed by atoms with E-state index in [0.717, 1.165) is 31.6 Å². The van der Waals surface area contributed by atoms with Crippen molar-refractivity contribution >= 4 is 15.5 Å². The number of hydrogen-bond acceptors (Lipinski definition) is 4. The van der Waals surface area contributed by atoms with Gasteiger partial charge in [0.05, 0.1) is 10.6 Å². The normalized spacial score (nSPS) is 19.1. The van der Waals surface area contributed by atoms with Crippen LogP contribution in [0, 0.1) is 0 Å². The molecule has 0 radical (unpaired) electrons. The molecule has 0 saturated carbocycles. The molecular weight excluding hydrogens is 260 g/mol. The smallest absolute Gasteiger partial charge is 0.178 e. The summed E-state index contributed by atoms with van der Waals surface area (Å²) in [5.41, 5.74) is 1.08. The summed E-state index contributed by atoms with van der Waals surface area (Å²) in [6.45, 7) is 5.92. The molecule has 1 aliphatic heterocycles. The monoisotopic (exact) mass is 282 g/mol. The number of anilines is 1. The Balaban J connectivity index is 2.11. The molecular formula is C14H22N2O2S. The average molecular weight is 282 g/mol. The molecule has 1 aliphatic rings. The molecule has 1 saturated heterocycles. The van der Waals surface area contributed by atoms with Crippen LogP contribution in [0.3, 0.4) is 0 Å². The number of rotatable bonds is 4. The van der Waals surface area contributed by atoms with Crippen LogP contribution < -0.4 is 10.6 Å². The Morgan fingerprint density at radius 3 is 2.32 bits per heavy atom. The van der Waals surface area contributed by atoms with E-state index in [9.17, 15) is 8.42 Å². The van der Waals surface area contributed by atoms with E-state index in [2.05, 4.69) is 17.6 Å². The molecule has 0 bridgehead atoms. The van der Waals surface area contributed by atoms with E-state index in [1.54, 1.807) is 19.1 Å². The van der Waals surface area contributed by atoms with E-state index < -0.39 is 9.84 Å². The summed E-state index contributed by atoms with van der Waals surface area (Å²) >= 11 is 0. The summed E-state index contributed by atoms with van der Waals surface area (Å²) < 4.78 is 23.5. The molecule has 0 aliphatic carbocycles. The predicted molar refractivity (Wildman–Crippen MR) is 78.3 cm³/mol. The second-order valence-electron chi connectivity index (χ2n) is 5.36. The van der Waals surface area contributed by atoms with E-state index in [4.69, 9.17) is 0 Å². The second-order valence-corrected chi connectivity index (χ2v) is 7.64. The first-order valence-electron chi connectivity index (χ1n) is 6.77. The third-order valence-corrected chi connectivity index (χ3v) is 5.50. The van der Waals surface area contributed by atoms with Gasteiger partial charge in [-0.15, -0.1) is 0 Å². The van der Waals surface area contributed by atoms with Crippen LogP contribution in [-0.2, 0) is 9.84 Å². The number of piperidine rings is 1. The molecule has 0 unspecified atom stereocenters. The third-order valence-electron chi connectivity index (χ3n) is 3.75. The maximum absolute atomic E-state index is 11.7. The Hall–Kier alpha value is -1.07. The average Bonchev–Trinajstić information content (AvgIpc) is 2.40. The Kier molecular flexibility index (Phi) is 4.16. The molecule has 106 valence electrons. The molecule has 4 nitrogen and oxygen atoms in total. The summed E-state index contributed by atoms with van der Waals surface area (Å²) in [5.74, 6) is 0.142. The van der Waals surface area contributed by atoms with Crippen molar-refractivity contribution in [1.29, 1.82) is 0 Å². The molecule has 2 N–H and O–H groups in total. The van der Waals surface area contributed by atoms with E-state index in [0.29, 0.717) is 4.90 Å². The van der Waals surface area contributed by atoms with Crippen LogP contribution >= 0.6 is 0 Å². The van der Waals surface area contributed by atoms with Gasteiger partial charge in [0.15, 0.2) is 9.84 Å². The van der Waals surface area contributed by atoms with Crippen LogP contribution in [0.25, 0.3) is 0 Å². The second kappa shape index (κ2) is 5.51. The fraction of sp³-hybridized carbons (Fsp3) is 0.571. The van der Waals surface area contributed by atoms with Gasteiger partial charge in [0.2, 0.25) is 0 Å². The Morgan fingerprint density at radius 2 is 1.79 bits per heavy atom. The van der Waals surface area contributed by atoms with Crippen molar-refractivity contribution in [2.24, 2.45) is 0 Å². The van der Waals surface area contributed by atoms with Crippen molar-refractivity contribution in [3.63, 3.8) is 0 Å². The SMILES string of the molecule is CCS(=O)(=O)c1ccc(NC2(C)CCNCC2)cc1. The Bertz CT molecular complexity index is 517. The van der Waals surface area contributed by atoms with Gasteiger partial charge in [0, 0.05) is 11.2 Å². The third kappa shape index (κ3) is 3.48. The molecule has 0 spiro atoms. The molecule has 5 heteroatoms. The van der Waals surface area contributed by atoms with Gasteiger partial charge >= 0.3 is 0 Å². The van der Waals surface area contributed by atoms with Crippen LogP contribution in [0.5, 0.6) is 0 Å². The maximum atomic E-state index is 11.7. The minimum absolute atomic E-state index is 0.0936. The summed E-state index contributed by atoms with van der Waals surface area (Å²) in [7, 11) is -3.10. The van der Waals surface area contributed by atoms with Gasteiger partial charge in [-0.1, -0.05) is 6.92 Å². The zero-order valence-electron chi connectivity index (χ0n) is 11.6. The fourth-order valence-corrected chi connectivity index (χ4v) is 3.25. The van der Waals surface area contributed by atoms with Crippen LogP contribution in [0.4, 0.5) is 5.69 Å². The lowest BCUT2D eigenvalue weighted by atomic mass is 9.90. The summed E-state index contributed by atoms with van der Waals surface area (Å²) in [5, 5.41) is 6.86. The molecule has 1 aromatic carbocycles. The van der Waals surface area contributed by atoms with Crippen molar-refractivity contribution in [3.05, 3.63) is 24.3 Å². The minimum Gasteiger partial charge on any atom is -0.380 e. The van der Waals surface area contributed by atoms with E-state index in [-0.39, 0.29) is 11.3 Å². The lowest BCUT2D eigenvalue weighted by Gasteiger charge is -2.36. The summed E-state index contributed by atoms with van der Waals surface area (Å²) in [6.07, 6.45) is 2.14. The zero-order valence-corrected chi connectivity index (χ0v) is 12.4. The number of sulfone groups is 1. The van der Waals surface area contributed by atoms with Crippen LogP contribution in [0.15, 0.2) is 29.2 Å². The van der Waals surface area contributed by atoms with Crippen molar-refractivity contribution < 1.29 is 8.42 Å². The standard InChI is InChI=1S/C14H22N2O2S/c1-3-19(17,18)13-6-4-12(5-7-13)16-14(2)8-10-15-11-9-14/h4-7,15-16H,3,8-11H2,1-2H3. The van der Waals surface area contributed by atoms with Gasteiger partial charge in [-0.3, -0.25) is 0 Å². The molecule has 0 aromatic heterocycles. The molecule has 0 amide bonds. The first-order chi connectivity index (χ1) is 8.95. The van der Waals surface area contributed by atoms with Crippen molar-refractivity contribution in [1.82, 2.24) is 5.32 Å². The Morgan fingerprint density at radius 1 is 1.21 bits per heavy atom. The van der Waals surface area contributed by atoms with Crippen molar-refractivity contribution in [3.8, 4) is 0 Å². The first kappa shape index (κ1) is 14.3. The van der Waals surface area contributed by atoms with Gasteiger partial charge < -0.3 is 10.6 Å². The topological polar surface area (TPSA) is 58.2 Å². The molecule has 0 atom stereocenters. The minimum atomic E-state index is -3.10. The lowest BCUT2D eigenvalue weighted by Crippen LogP contribution is -2.45. The van der Waals surface area contributed by atoms with E-state index in [1.807, 2.05) is 12.1 Å². The van der Waals surface area contributed by atoms with Crippen molar-refractivity contribution in [2.75, 3.05) is 24.2 Å². The largest absolute Gasteiger partial charge is 0.380 e. The molecule has 1 aromatic rings. The fourth-order valence-electron chi connectivity index (χ4n) is 2.36. The van der Waals surface area contributed by atoms with Gasteiger partial charge in [-0.05, 0) is 57.1 Å². The quantitative estimate of drug-likeness (QED) is 0.887. The van der Waals surface area contributed by atoms with Gasteiger partial charge in [-0.25, -0.2) is 8.42 Å². The predicted octanol–water partition coefficient (Wildman–Crippen LogP) is 2.03. The molecule has 1 fully saturated rings. The van der Waals surface area contributed by atoms with Gasteiger partial charge in [-0.2, -0.15) is 0 Å². The molecule has 2 rings (SSSR count). The summed E-state index contributed by atoms with van der Waals surface area (Å²) in [6, 6.07) is 7.09. The highest BCUT2D eigenvalue weighted by molar-refractivity contribution is 7.91. The van der Waals surface area contributed by atoms with Gasteiger partial charge in [0.1, 0.15) is 0 Å². The maximum Gasteiger partial charge on any atom is 0.178 e. The van der Waals surface area contributed by atoms with Crippen LogP contribution in [0.1, 0.15) is 26.7 Å². The number of benzene rings is 1. The molecule has 1 heterocycles. The Labute approximate surface area is 115 Å². The van der Waals surface area contributed by atoms with Crippen LogP contribution in [-0.4, -0.2) is 32.8 Å². The number of nitrogens with one attached hydrogen (secondary N) is 2. The van der Waals surface area contributed by atoms with E-state index >= 15 is 0 Å². The van der Waals surface area contributed by atoms with Gasteiger partial charge in [0.25, 0.3) is 0 Å².